The van der Waals surface area contributed by atoms with Gasteiger partial charge in [0.1, 0.15) is 0 Å². The summed E-state index contributed by atoms with van der Waals surface area (Å²) in [6.45, 7) is 1.77. The van der Waals surface area contributed by atoms with E-state index in [9.17, 15) is 13.2 Å². The summed E-state index contributed by atoms with van der Waals surface area (Å²) in [7, 11) is 1.54. The van der Waals surface area contributed by atoms with Gasteiger partial charge in [-0.1, -0.05) is 15.9 Å². The maximum atomic E-state index is 12.3. The normalized spacial score (nSPS) is 31.1. The van der Waals surface area contributed by atoms with Gasteiger partial charge >= 0.3 is 6.18 Å². The molecule has 0 aliphatic heterocycles. The third-order valence-electron chi connectivity index (χ3n) is 2.62. The number of halogens is 4. The summed E-state index contributed by atoms with van der Waals surface area (Å²) in [5.41, 5.74) is 0. The van der Waals surface area contributed by atoms with Gasteiger partial charge in [0.25, 0.3) is 0 Å². The maximum absolute atomic E-state index is 12.3. The molecule has 0 heterocycles. The molecule has 0 radical (unpaired) electrons. The van der Waals surface area contributed by atoms with Crippen LogP contribution in [0.4, 0.5) is 13.2 Å². The highest BCUT2D eigenvalue weighted by Crippen LogP contribution is 2.36. The number of alkyl halides is 4. The Balaban J connectivity index is 2.34. The second kappa shape index (κ2) is 6.36. The van der Waals surface area contributed by atoms with Crippen LogP contribution in [-0.2, 0) is 14.2 Å². The Morgan fingerprint density at radius 3 is 2.47 bits per heavy atom. The molecule has 17 heavy (non-hydrogen) atoms. The fraction of sp³-hybridized carbons (Fsp3) is 1.00. The predicted octanol–water partition coefficient (Wildman–Crippen LogP) is 2.52. The van der Waals surface area contributed by atoms with Crippen molar-refractivity contribution in [3.8, 4) is 0 Å². The second-order valence-electron chi connectivity index (χ2n) is 3.94. The van der Waals surface area contributed by atoms with Gasteiger partial charge in [-0.05, 0) is 13.3 Å². The Morgan fingerprint density at radius 2 is 2.00 bits per heavy atom. The van der Waals surface area contributed by atoms with Gasteiger partial charge in [-0.3, -0.25) is 0 Å². The summed E-state index contributed by atoms with van der Waals surface area (Å²) in [6, 6.07) is 0. The molecule has 102 valence electrons. The molecule has 1 aliphatic rings. The van der Waals surface area contributed by atoms with Crippen molar-refractivity contribution in [1.29, 1.82) is 0 Å². The highest BCUT2D eigenvalue weighted by molar-refractivity contribution is 9.09. The molecule has 0 saturated heterocycles. The lowest BCUT2D eigenvalue weighted by atomic mass is 9.91. The molecule has 0 aromatic heterocycles. The summed E-state index contributed by atoms with van der Waals surface area (Å²) < 4.78 is 52.1. The molecule has 0 aromatic carbocycles. The minimum atomic E-state index is -4.32. The molecule has 1 rings (SSSR count). The van der Waals surface area contributed by atoms with Gasteiger partial charge in [-0.25, -0.2) is 0 Å². The van der Waals surface area contributed by atoms with Crippen molar-refractivity contribution in [2.45, 2.75) is 42.7 Å². The van der Waals surface area contributed by atoms with Gasteiger partial charge < -0.3 is 14.2 Å². The molecule has 7 heteroatoms. The molecular formula is C10H16BrF3O3. The fourth-order valence-corrected chi connectivity index (χ4v) is 2.34. The van der Waals surface area contributed by atoms with Crippen LogP contribution in [0.15, 0.2) is 0 Å². The lowest BCUT2D eigenvalue weighted by Gasteiger charge is -2.42. The number of hydrogen-bond acceptors (Lipinski definition) is 3. The number of rotatable bonds is 6. The third kappa shape index (κ3) is 4.39. The van der Waals surface area contributed by atoms with Crippen LogP contribution < -0.4 is 0 Å². The molecule has 0 N–H and O–H groups in total. The van der Waals surface area contributed by atoms with Crippen LogP contribution >= 0.6 is 15.9 Å². The summed E-state index contributed by atoms with van der Waals surface area (Å²) in [5.74, 6) is 0. The van der Waals surface area contributed by atoms with Crippen molar-refractivity contribution in [2.75, 3.05) is 20.3 Å². The van der Waals surface area contributed by atoms with Crippen molar-refractivity contribution in [1.82, 2.24) is 0 Å². The first-order chi connectivity index (χ1) is 7.86. The van der Waals surface area contributed by atoms with E-state index in [0.717, 1.165) is 6.92 Å². The topological polar surface area (TPSA) is 27.7 Å². The molecule has 1 aliphatic carbocycles. The van der Waals surface area contributed by atoms with E-state index in [0.29, 0.717) is 19.6 Å². The minimum Gasteiger partial charge on any atom is -0.382 e. The molecule has 0 amide bonds. The first-order valence-electron chi connectivity index (χ1n) is 5.33. The van der Waals surface area contributed by atoms with Gasteiger partial charge in [0.2, 0.25) is 0 Å². The van der Waals surface area contributed by atoms with E-state index in [1.54, 1.807) is 0 Å². The lowest BCUT2D eigenvalue weighted by Crippen LogP contribution is -2.53. The second-order valence-corrected chi connectivity index (χ2v) is 5.11. The van der Waals surface area contributed by atoms with Crippen LogP contribution in [0.5, 0.6) is 0 Å². The maximum Gasteiger partial charge on any atom is 0.414 e. The Hall–Kier alpha value is 0.150. The van der Waals surface area contributed by atoms with E-state index in [1.165, 1.54) is 7.11 Å². The molecule has 1 saturated carbocycles. The zero-order chi connectivity index (χ0) is 13.1. The van der Waals surface area contributed by atoms with E-state index < -0.39 is 18.4 Å². The summed E-state index contributed by atoms with van der Waals surface area (Å²) in [6.07, 6.45) is -6.41. The van der Waals surface area contributed by atoms with E-state index in [1.807, 2.05) is 0 Å². The first kappa shape index (κ1) is 15.2. The summed E-state index contributed by atoms with van der Waals surface area (Å²) >= 11 is 3.33. The monoisotopic (exact) mass is 320 g/mol. The average molecular weight is 321 g/mol. The predicted molar refractivity (Wildman–Crippen MR) is 59.3 cm³/mol. The Kier molecular flexibility index (Phi) is 5.69. The van der Waals surface area contributed by atoms with Crippen LogP contribution in [0.2, 0.25) is 0 Å². The van der Waals surface area contributed by atoms with Gasteiger partial charge in [-0.15, -0.1) is 0 Å². The molecule has 3 nitrogen and oxygen atoms in total. The first-order valence-corrected chi connectivity index (χ1v) is 6.24. The number of ether oxygens (including phenoxy) is 3. The van der Waals surface area contributed by atoms with Crippen molar-refractivity contribution in [2.24, 2.45) is 0 Å². The zero-order valence-electron chi connectivity index (χ0n) is 9.67. The Morgan fingerprint density at radius 1 is 1.35 bits per heavy atom. The number of hydrogen-bond donors (Lipinski definition) is 0. The van der Waals surface area contributed by atoms with Gasteiger partial charge in [0.05, 0.1) is 25.4 Å². The Bertz CT molecular complexity index is 237. The van der Waals surface area contributed by atoms with Gasteiger partial charge in [0.15, 0.2) is 6.10 Å². The molecule has 4 unspecified atom stereocenters. The summed E-state index contributed by atoms with van der Waals surface area (Å²) in [5, 5.41) is 0. The SMILES string of the molecule is COCCOC1C(Br)CC1OC(C)C(F)(F)F. The van der Waals surface area contributed by atoms with Crippen molar-refractivity contribution < 1.29 is 27.4 Å². The smallest absolute Gasteiger partial charge is 0.382 e. The largest absolute Gasteiger partial charge is 0.414 e. The van der Waals surface area contributed by atoms with Crippen LogP contribution in [-0.4, -0.2) is 49.6 Å². The minimum absolute atomic E-state index is 0.0461. The molecule has 4 atom stereocenters. The van der Waals surface area contributed by atoms with E-state index in [4.69, 9.17) is 14.2 Å². The van der Waals surface area contributed by atoms with Gasteiger partial charge in [-0.2, -0.15) is 13.2 Å². The molecule has 1 fully saturated rings. The van der Waals surface area contributed by atoms with Crippen molar-refractivity contribution >= 4 is 15.9 Å². The average Bonchev–Trinajstić information content (AvgIpc) is 2.22. The molecule has 0 spiro atoms. The van der Waals surface area contributed by atoms with Crippen LogP contribution in [0.3, 0.4) is 0 Å². The number of methoxy groups -OCH3 is 1. The van der Waals surface area contributed by atoms with Gasteiger partial charge in [0, 0.05) is 11.9 Å². The third-order valence-corrected chi connectivity index (χ3v) is 3.51. The highest BCUT2D eigenvalue weighted by Gasteiger charge is 2.46. The van der Waals surface area contributed by atoms with Crippen molar-refractivity contribution in [3.05, 3.63) is 0 Å². The fourth-order valence-electron chi connectivity index (χ4n) is 1.48. The highest BCUT2D eigenvalue weighted by atomic mass is 79.9. The van der Waals surface area contributed by atoms with E-state index >= 15 is 0 Å². The van der Waals surface area contributed by atoms with Crippen LogP contribution in [0.1, 0.15) is 13.3 Å². The summed E-state index contributed by atoms with van der Waals surface area (Å²) in [4.78, 5) is 0.0461. The van der Waals surface area contributed by atoms with E-state index in [2.05, 4.69) is 15.9 Å². The van der Waals surface area contributed by atoms with Crippen molar-refractivity contribution in [3.63, 3.8) is 0 Å². The van der Waals surface area contributed by atoms with Crippen LogP contribution in [0.25, 0.3) is 0 Å². The van der Waals surface area contributed by atoms with E-state index in [-0.39, 0.29) is 10.9 Å². The standard InChI is InChI=1S/C10H16BrF3O3/c1-6(10(12,13)14)17-8-5-7(11)9(8)16-4-3-15-2/h6-9H,3-5H2,1-2H3. The molecular weight excluding hydrogens is 305 g/mol. The quantitative estimate of drug-likeness (QED) is 0.556. The zero-order valence-corrected chi connectivity index (χ0v) is 11.3. The van der Waals surface area contributed by atoms with Crippen LogP contribution in [0, 0.1) is 0 Å². The molecule has 0 aromatic rings. The lowest BCUT2D eigenvalue weighted by molar-refractivity contribution is -0.251. The Labute approximate surface area is 107 Å². The molecule has 0 bridgehead atoms.